The molecule has 0 aliphatic heterocycles. The van der Waals surface area contributed by atoms with E-state index >= 15 is 0 Å². The van der Waals surface area contributed by atoms with Gasteiger partial charge in [0, 0.05) is 59.1 Å². The predicted octanol–water partition coefficient (Wildman–Crippen LogP) is 2.32. The molecule has 0 radical (unpaired) electrons. The van der Waals surface area contributed by atoms with E-state index in [1.165, 1.54) is 0 Å². The molecular formula is C19H28IN5O. The molecular weight excluding hydrogens is 441 g/mol. The van der Waals surface area contributed by atoms with Gasteiger partial charge in [-0.1, -0.05) is 30.3 Å². The van der Waals surface area contributed by atoms with Gasteiger partial charge in [0.2, 0.25) is 5.91 Å². The van der Waals surface area contributed by atoms with Crippen molar-refractivity contribution in [3.8, 4) is 0 Å². The molecule has 0 saturated heterocycles. The maximum Gasteiger partial charge on any atom is 0.224 e. The number of hydrogen-bond donors (Lipinski definition) is 2. The van der Waals surface area contributed by atoms with Gasteiger partial charge in [-0.25, -0.2) is 0 Å². The largest absolute Gasteiger partial charge is 0.356 e. The molecule has 0 spiro atoms. The number of rotatable bonds is 8. The van der Waals surface area contributed by atoms with Gasteiger partial charge in [-0.05, 0) is 17.7 Å². The molecule has 0 bridgehead atoms. The summed E-state index contributed by atoms with van der Waals surface area (Å²) in [6, 6.07) is 14.0. The Morgan fingerprint density at radius 2 is 1.73 bits per heavy atom. The summed E-state index contributed by atoms with van der Waals surface area (Å²) in [6.07, 6.45) is 4.49. The third-order valence-corrected chi connectivity index (χ3v) is 3.87. The molecule has 1 amide bonds. The summed E-state index contributed by atoms with van der Waals surface area (Å²) in [5.74, 6) is 0.824. The van der Waals surface area contributed by atoms with Crippen LogP contribution in [0.3, 0.4) is 0 Å². The summed E-state index contributed by atoms with van der Waals surface area (Å²) < 4.78 is 2.10. The molecule has 0 aliphatic rings. The first-order valence-corrected chi connectivity index (χ1v) is 8.52. The van der Waals surface area contributed by atoms with Gasteiger partial charge in [0.05, 0.1) is 0 Å². The quantitative estimate of drug-likeness (QED) is 0.355. The van der Waals surface area contributed by atoms with Gasteiger partial charge in [-0.3, -0.25) is 9.79 Å². The van der Waals surface area contributed by atoms with E-state index in [9.17, 15) is 4.79 Å². The molecule has 7 heteroatoms. The number of guanidine groups is 1. The third kappa shape index (κ3) is 7.90. The number of nitrogens with one attached hydrogen (secondary N) is 2. The van der Waals surface area contributed by atoms with E-state index in [2.05, 4.69) is 20.2 Å². The van der Waals surface area contributed by atoms with E-state index in [0.717, 1.165) is 18.7 Å². The highest BCUT2D eigenvalue weighted by molar-refractivity contribution is 14.0. The van der Waals surface area contributed by atoms with Gasteiger partial charge in [-0.2, -0.15) is 0 Å². The molecule has 2 aromatic rings. The van der Waals surface area contributed by atoms with Gasteiger partial charge in [-0.15, -0.1) is 24.0 Å². The number of aromatic nitrogens is 1. The van der Waals surface area contributed by atoms with Gasteiger partial charge < -0.3 is 20.1 Å². The second-order valence-electron chi connectivity index (χ2n) is 5.83. The van der Waals surface area contributed by atoms with Crippen LogP contribution in [0.4, 0.5) is 0 Å². The van der Waals surface area contributed by atoms with Crippen LogP contribution in [0.25, 0.3) is 0 Å². The molecule has 1 heterocycles. The van der Waals surface area contributed by atoms with Crippen molar-refractivity contribution < 1.29 is 4.79 Å². The minimum absolute atomic E-state index is 0. The SMILES string of the molecule is CN=C(NCCC(=O)N(C)Cc1ccccc1)NCCn1cccc1.I. The van der Waals surface area contributed by atoms with E-state index in [4.69, 9.17) is 0 Å². The number of nitrogens with zero attached hydrogens (tertiary/aromatic N) is 3. The Hall–Kier alpha value is -2.03. The van der Waals surface area contributed by atoms with Crippen LogP contribution in [0.1, 0.15) is 12.0 Å². The zero-order valence-corrected chi connectivity index (χ0v) is 17.7. The summed E-state index contributed by atoms with van der Waals surface area (Å²) in [7, 11) is 3.56. The molecule has 142 valence electrons. The van der Waals surface area contributed by atoms with Crippen LogP contribution in [0.2, 0.25) is 0 Å². The molecule has 0 fully saturated rings. The van der Waals surface area contributed by atoms with E-state index in [-0.39, 0.29) is 29.9 Å². The molecule has 0 atom stereocenters. The minimum Gasteiger partial charge on any atom is -0.356 e. The number of carbonyl (C=O) groups is 1. The highest BCUT2D eigenvalue weighted by Crippen LogP contribution is 2.03. The zero-order valence-electron chi connectivity index (χ0n) is 15.4. The second kappa shape index (κ2) is 12.3. The first-order chi connectivity index (χ1) is 12.2. The van der Waals surface area contributed by atoms with Crippen molar-refractivity contribution in [1.29, 1.82) is 0 Å². The number of aliphatic imine (C=N–C) groups is 1. The molecule has 1 aromatic heterocycles. The van der Waals surface area contributed by atoms with E-state index in [1.54, 1.807) is 11.9 Å². The summed E-state index contributed by atoms with van der Waals surface area (Å²) in [5, 5.41) is 6.42. The average molecular weight is 469 g/mol. The van der Waals surface area contributed by atoms with Crippen LogP contribution in [0.15, 0.2) is 59.9 Å². The molecule has 2 rings (SSSR count). The fourth-order valence-corrected chi connectivity index (χ4v) is 2.47. The molecule has 0 unspecified atom stereocenters. The van der Waals surface area contributed by atoms with E-state index < -0.39 is 0 Å². The molecule has 0 aliphatic carbocycles. The Balaban J connectivity index is 0.00000338. The monoisotopic (exact) mass is 469 g/mol. The second-order valence-corrected chi connectivity index (χ2v) is 5.83. The smallest absolute Gasteiger partial charge is 0.224 e. The Kier molecular flexibility index (Phi) is 10.5. The number of amides is 1. The van der Waals surface area contributed by atoms with Crippen LogP contribution in [0, 0.1) is 0 Å². The van der Waals surface area contributed by atoms with Gasteiger partial charge in [0.15, 0.2) is 5.96 Å². The van der Waals surface area contributed by atoms with Crippen molar-refractivity contribution in [1.82, 2.24) is 20.1 Å². The summed E-state index contributed by atoms with van der Waals surface area (Å²) in [5.41, 5.74) is 1.13. The Labute approximate surface area is 172 Å². The molecule has 6 nitrogen and oxygen atoms in total. The first-order valence-electron chi connectivity index (χ1n) is 8.52. The van der Waals surface area contributed by atoms with Crippen molar-refractivity contribution in [2.45, 2.75) is 19.5 Å². The van der Waals surface area contributed by atoms with Crippen LogP contribution in [0.5, 0.6) is 0 Å². The Morgan fingerprint density at radius 1 is 1.08 bits per heavy atom. The van der Waals surface area contributed by atoms with Crippen molar-refractivity contribution in [2.24, 2.45) is 4.99 Å². The lowest BCUT2D eigenvalue weighted by molar-refractivity contribution is -0.130. The lowest BCUT2D eigenvalue weighted by atomic mass is 10.2. The Bertz CT molecular complexity index is 658. The van der Waals surface area contributed by atoms with Crippen LogP contribution >= 0.6 is 24.0 Å². The molecule has 1 aromatic carbocycles. The standard InChI is InChI=1S/C19H27N5O.HI/c1-20-19(22-12-15-24-13-6-7-14-24)21-11-10-18(25)23(2)16-17-8-4-3-5-9-17;/h3-9,13-14H,10-12,15-16H2,1-2H3,(H2,20,21,22);1H. The lowest BCUT2D eigenvalue weighted by Gasteiger charge is -2.18. The fraction of sp³-hybridized carbons (Fsp3) is 0.368. The number of hydrogen-bond acceptors (Lipinski definition) is 2. The van der Waals surface area contributed by atoms with E-state index in [0.29, 0.717) is 25.5 Å². The van der Waals surface area contributed by atoms with Crippen molar-refractivity contribution in [2.75, 3.05) is 27.2 Å². The maximum absolute atomic E-state index is 12.2. The number of carbonyl (C=O) groups excluding carboxylic acids is 1. The molecule has 0 saturated carbocycles. The average Bonchev–Trinajstić information content (AvgIpc) is 3.14. The van der Waals surface area contributed by atoms with Crippen LogP contribution in [-0.4, -0.2) is 48.5 Å². The first kappa shape index (κ1) is 22.0. The molecule has 26 heavy (non-hydrogen) atoms. The third-order valence-electron chi connectivity index (χ3n) is 3.87. The highest BCUT2D eigenvalue weighted by Gasteiger charge is 2.09. The highest BCUT2D eigenvalue weighted by atomic mass is 127. The maximum atomic E-state index is 12.2. The summed E-state index contributed by atoms with van der Waals surface area (Å²) in [6.45, 7) is 2.83. The number of halogens is 1. The van der Waals surface area contributed by atoms with E-state index in [1.807, 2.05) is 61.9 Å². The lowest BCUT2D eigenvalue weighted by Crippen LogP contribution is -2.40. The summed E-state index contributed by atoms with van der Waals surface area (Å²) >= 11 is 0. The zero-order chi connectivity index (χ0) is 17.9. The predicted molar refractivity (Wildman–Crippen MR) is 117 cm³/mol. The van der Waals surface area contributed by atoms with Gasteiger partial charge in [0.1, 0.15) is 0 Å². The summed E-state index contributed by atoms with van der Waals surface area (Å²) in [4.78, 5) is 18.1. The topological polar surface area (TPSA) is 61.7 Å². The van der Waals surface area contributed by atoms with Gasteiger partial charge >= 0.3 is 0 Å². The number of benzene rings is 1. The van der Waals surface area contributed by atoms with Gasteiger partial charge in [0.25, 0.3) is 0 Å². The molecule has 2 N–H and O–H groups in total. The van der Waals surface area contributed by atoms with Crippen LogP contribution < -0.4 is 10.6 Å². The normalized spacial score (nSPS) is 10.8. The van der Waals surface area contributed by atoms with Crippen LogP contribution in [-0.2, 0) is 17.9 Å². The van der Waals surface area contributed by atoms with Crippen molar-refractivity contribution >= 4 is 35.8 Å². The van der Waals surface area contributed by atoms with Crippen molar-refractivity contribution in [3.05, 3.63) is 60.4 Å². The minimum atomic E-state index is 0. The van der Waals surface area contributed by atoms with Crippen molar-refractivity contribution in [3.63, 3.8) is 0 Å². The fourth-order valence-electron chi connectivity index (χ4n) is 2.47. The Morgan fingerprint density at radius 3 is 2.38 bits per heavy atom.